The fraction of sp³-hybridized carbons (Fsp3) is 0.609. The number of carbonyl (C=O) groups is 1. The third-order valence-electron chi connectivity index (χ3n) is 7.65. The van der Waals surface area contributed by atoms with Crippen molar-refractivity contribution in [2.75, 3.05) is 12.4 Å². The summed E-state index contributed by atoms with van der Waals surface area (Å²) in [5.41, 5.74) is 7.38. The van der Waals surface area contributed by atoms with Crippen LogP contribution in [0, 0.1) is 23.2 Å². The molecule has 6 unspecified atom stereocenters. The average Bonchev–Trinajstić information content (AvgIpc) is 3.37. The lowest BCUT2D eigenvalue weighted by Gasteiger charge is -2.42. The van der Waals surface area contributed by atoms with Crippen LogP contribution >= 0.6 is 12.2 Å². The van der Waals surface area contributed by atoms with Crippen LogP contribution in [0.4, 0.5) is 5.69 Å². The lowest BCUT2D eigenvalue weighted by Crippen LogP contribution is -2.56. The number of nitrogens with one attached hydrogen (secondary N) is 1. The molecule has 3 heterocycles. The first-order valence-corrected chi connectivity index (χ1v) is 11.6. The number of thiocarbonyl (C=S) groups is 1. The second-order valence-corrected chi connectivity index (χ2v) is 9.76. The minimum Gasteiger partial charge on any atom is -0.495 e. The van der Waals surface area contributed by atoms with Crippen LogP contribution < -0.4 is 15.8 Å². The first kappa shape index (κ1) is 20.5. The number of benzene rings is 1. The Morgan fingerprint density at radius 1 is 1.23 bits per heavy atom. The predicted octanol–water partition coefficient (Wildman–Crippen LogP) is 2.48. The molecule has 5 rings (SSSR count). The number of hydrogen-bond acceptors (Lipinski definition) is 5. The highest BCUT2D eigenvalue weighted by molar-refractivity contribution is 7.80. The van der Waals surface area contributed by atoms with Gasteiger partial charge in [0.1, 0.15) is 11.8 Å². The maximum atomic E-state index is 13.2. The summed E-state index contributed by atoms with van der Waals surface area (Å²) in [5, 5.41) is 13.5. The Morgan fingerprint density at radius 2 is 1.94 bits per heavy atom. The van der Waals surface area contributed by atoms with Crippen LogP contribution in [0.2, 0.25) is 0 Å². The van der Waals surface area contributed by atoms with E-state index < -0.39 is 6.04 Å². The Balaban J connectivity index is 1.25. The number of amides is 1. The van der Waals surface area contributed by atoms with E-state index in [2.05, 4.69) is 16.3 Å². The maximum Gasteiger partial charge on any atom is 0.241 e. The molecule has 1 saturated carbocycles. The minimum absolute atomic E-state index is 0.0240. The highest BCUT2D eigenvalue weighted by atomic mass is 32.1. The molecule has 1 amide bonds. The lowest BCUT2D eigenvalue weighted by atomic mass is 9.84. The molecule has 0 aromatic heterocycles. The zero-order valence-corrected chi connectivity index (χ0v) is 18.6. The van der Waals surface area contributed by atoms with Gasteiger partial charge in [-0.15, -0.1) is 0 Å². The number of nitrogens with zero attached hydrogens (tertiary/aromatic N) is 3. The van der Waals surface area contributed by atoms with Gasteiger partial charge in [0, 0.05) is 18.1 Å². The normalized spacial score (nSPS) is 34.0. The van der Waals surface area contributed by atoms with Gasteiger partial charge in [0.2, 0.25) is 5.91 Å². The third kappa shape index (κ3) is 3.54. The number of nitrogens with two attached hydrogens (primary N) is 1. The number of fused-ring (bicyclic) bond motifs is 3. The first-order valence-electron chi connectivity index (χ1n) is 11.2. The number of para-hydroxylation sites is 2. The summed E-state index contributed by atoms with van der Waals surface area (Å²) in [4.78, 5) is 17.3. The molecule has 4 aliphatic rings. The number of likely N-dealkylation sites (tertiary alicyclic amines) is 1. The molecule has 31 heavy (non-hydrogen) atoms. The Kier molecular flexibility index (Phi) is 5.27. The van der Waals surface area contributed by atoms with E-state index in [0.717, 1.165) is 50.0 Å². The molecule has 1 aromatic rings. The highest BCUT2D eigenvalue weighted by Gasteiger charge is 2.56. The number of hydrogen-bond donors (Lipinski definition) is 2. The number of rotatable bonds is 4. The van der Waals surface area contributed by atoms with Gasteiger partial charge in [0.05, 0.1) is 24.9 Å². The summed E-state index contributed by atoms with van der Waals surface area (Å²) in [6.07, 6.45) is 5.68. The van der Waals surface area contributed by atoms with E-state index in [1.54, 1.807) is 12.0 Å². The van der Waals surface area contributed by atoms with E-state index in [9.17, 15) is 10.1 Å². The van der Waals surface area contributed by atoms with Crippen molar-refractivity contribution in [3.8, 4) is 11.8 Å². The van der Waals surface area contributed by atoms with Crippen molar-refractivity contribution in [1.82, 2.24) is 9.80 Å². The number of piperidine rings is 2. The lowest BCUT2D eigenvalue weighted by molar-refractivity contribution is -0.135. The van der Waals surface area contributed by atoms with Crippen LogP contribution in [0.5, 0.6) is 5.75 Å². The van der Waals surface area contributed by atoms with Gasteiger partial charge in [0.25, 0.3) is 0 Å². The van der Waals surface area contributed by atoms with E-state index >= 15 is 0 Å². The van der Waals surface area contributed by atoms with E-state index in [1.165, 1.54) is 0 Å². The van der Waals surface area contributed by atoms with Crippen molar-refractivity contribution in [2.45, 2.75) is 68.7 Å². The van der Waals surface area contributed by atoms with Crippen LogP contribution in [0.3, 0.4) is 0 Å². The van der Waals surface area contributed by atoms with Crippen molar-refractivity contribution in [3.63, 3.8) is 0 Å². The van der Waals surface area contributed by atoms with Crippen LogP contribution in [0.25, 0.3) is 0 Å². The largest absolute Gasteiger partial charge is 0.495 e. The Morgan fingerprint density at radius 3 is 2.61 bits per heavy atom. The molecule has 3 N–H and O–H groups in total. The van der Waals surface area contributed by atoms with E-state index in [4.69, 9.17) is 22.7 Å². The Labute approximate surface area is 188 Å². The molecule has 4 fully saturated rings. The summed E-state index contributed by atoms with van der Waals surface area (Å²) in [7, 11) is 1.65. The number of anilines is 1. The van der Waals surface area contributed by atoms with Gasteiger partial charge in [-0.1, -0.05) is 12.1 Å². The van der Waals surface area contributed by atoms with Crippen molar-refractivity contribution in [2.24, 2.45) is 17.6 Å². The van der Waals surface area contributed by atoms with E-state index in [-0.39, 0.29) is 36.0 Å². The standard InChI is InChI=1S/C23H29N5O2S/c1-30-20-5-3-2-4-18(20)26-23(31)27-15-6-7-16(27)10-14(9-15)21(25)22(29)28-17(12-24)8-13-11-19(13)28/h2-5,13-17,19,21H,6-11,25H2,1H3,(H,26,31). The van der Waals surface area contributed by atoms with Gasteiger partial charge in [-0.25, -0.2) is 0 Å². The summed E-state index contributed by atoms with van der Waals surface area (Å²) < 4.78 is 5.43. The Bertz CT molecular complexity index is 919. The molecular formula is C23H29N5O2S. The van der Waals surface area contributed by atoms with Gasteiger partial charge < -0.3 is 25.6 Å². The molecule has 3 aliphatic heterocycles. The van der Waals surface area contributed by atoms with Crippen molar-refractivity contribution in [3.05, 3.63) is 24.3 Å². The van der Waals surface area contributed by atoms with Gasteiger partial charge in [-0.05, 0) is 74.7 Å². The summed E-state index contributed by atoms with van der Waals surface area (Å²) in [6.45, 7) is 0. The summed E-state index contributed by atoms with van der Waals surface area (Å²) in [5.74, 6) is 1.38. The number of nitriles is 1. The Hall–Kier alpha value is -2.37. The fourth-order valence-electron chi connectivity index (χ4n) is 6.03. The molecule has 1 aromatic carbocycles. The van der Waals surface area contributed by atoms with Crippen LogP contribution in [-0.2, 0) is 4.79 Å². The van der Waals surface area contributed by atoms with Gasteiger partial charge in [-0.2, -0.15) is 5.26 Å². The topological polar surface area (TPSA) is 94.6 Å². The maximum absolute atomic E-state index is 13.2. The van der Waals surface area contributed by atoms with Crippen molar-refractivity contribution in [1.29, 1.82) is 5.26 Å². The molecule has 0 spiro atoms. The molecule has 164 valence electrons. The summed E-state index contributed by atoms with van der Waals surface area (Å²) >= 11 is 5.77. The molecule has 3 saturated heterocycles. The summed E-state index contributed by atoms with van der Waals surface area (Å²) in [6, 6.07) is 10.1. The van der Waals surface area contributed by atoms with Gasteiger partial charge in [0.15, 0.2) is 5.11 Å². The number of methoxy groups -OCH3 is 1. The fourth-order valence-corrected chi connectivity index (χ4v) is 6.44. The van der Waals surface area contributed by atoms with E-state index in [1.807, 2.05) is 24.3 Å². The number of carbonyl (C=O) groups excluding carboxylic acids is 1. The predicted molar refractivity (Wildman–Crippen MR) is 121 cm³/mol. The average molecular weight is 440 g/mol. The highest BCUT2D eigenvalue weighted by Crippen LogP contribution is 2.48. The van der Waals surface area contributed by atoms with Gasteiger partial charge in [-0.3, -0.25) is 4.79 Å². The molecular weight excluding hydrogens is 410 g/mol. The van der Waals surface area contributed by atoms with Crippen LogP contribution in [-0.4, -0.2) is 58.1 Å². The third-order valence-corrected chi connectivity index (χ3v) is 7.97. The first-order chi connectivity index (χ1) is 15.0. The minimum atomic E-state index is -0.531. The molecule has 2 bridgehead atoms. The van der Waals surface area contributed by atoms with Crippen LogP contribution in [0.1, 0.15) is 38.5 Å². The SMILES string of the molecule is COc1ccccc1NC(=S)N1C2CCC1CC(C(N)C(=O)N1C(C#N)CC3CC31)C2. The monoisotopic (exact) mass is 439 g/mol. The van der Waals surface area contributed by atoms with E-state index in [0.29, 0.717) is 11.0 Å². The molecule has 1 aliphatic carbocycles. The second-order valence-electron chi connectivity index (χ2n) is 9.37. The quantitative estimate of drug-likeness (QED) is 0.696. The molecule has 0 radical (unpaired) electrons. The zero-order valence-electron chi connectivity index (χ0n) is 17.7. The van der Waals surface area contributed by atoms with Crippen molar-refractivity contribution >= 4 is 28.9 Å². The second kappa shape index (κ2) is 7.95. The molecule has 7 nitrogen and oxygen atoms in total. The molecule has 8 heteroatoms. The number of ether oxygens (including phenoxy) is 1. The zero-order chi connectivity index (χ0) is 21.7. The van der Waals surface area contributed by atoms with Crippen LogP contribution in [0.15, 0.2) is 24.3 Å². The smallest absolute Gasteiger partial charge is 0.241 e. The van der Waals surface area contributed by atoms with Crippen molar-refractivity contribution < 1.29 is 9.53 Å². The molecule has 6 atom stereocenters. The van der Waals surface area contributed by atoms with Gasteiger partial charge >= 0.3 is 0 Å².